The van der Waals surface area contributed by atoms with Gasteiger partial charge in [0.1, 0.15) is 6.04 Å². The van der Waals surface area contributed by atoms with Crippen LogP contribution < -0.4 is 5.32 Å². The third-order valence-electron chi connectivity index (χ3n) is 3.48. The second-order valence-electron chi connectivity index (χ2n) is 4.84. The highest BCUT2D eigenvalue weighted by atomic mass is 16.2. The largest absolute Gasteiger partial charge is 0.354 e. The molecular weight excluding hydrogens is 226 g/mol. The molecule has 0 saturated heterocycles. The fourth-order valence-electron chi connectivity index (χ4n) is 2.26. The Morgan fingerprint density at radius 3 is 3.11 bits per heavy atom. The molecule has 1 aliphatic rings. The first-order chi connectivity index (χ1) is 8.77. The van der Waals surface area contributed by atoms with Gasteiger partial charge in [-0.25, -0.2) is 4.98 Å². The van der Waals surface area contributed by atoms with Gasteiger partial charge in [-0.1, -0.05) is 11.6 Å². The zero-order valence-electron chi connectivity index (χ0n) is 10.9. The quantitative estimate of drug-likeness (QED) is 0.812. The van der Waals surface area contributed by atoms with E-state index < -0.39 is 0 Å². The van der Waals surface area contributed by atoms with Crippen LogP contribution in [0.3, 0.4) is 0 Å². The molecule has 1 aliphatic carbocycles. The van der Waals surface area contributed by atoms with E-state index in [1.54, 1.807) is 12.5 Å². The van der Waals surface area contributed by atoms with Crippen LogP contribution in [0.1, 0.15) is 45.1 Å². The maximum Gasteiger partial charge on any atom is 0.242 e. The molecule has 4 heteroatoms. The van der Waals surface area contributed by atoms with Crippen molar-refractivity contribution in [1.82, 2.24) is 14.9 Å². The summed E-state index contributed by atoms with van der Waals surface area (Å²) >= 11 is 0. The summed E-state index contributed by atoms with van der Waals surface area (Å²) in [7, 11) is 0. The molecule has 0 saturated carbocycles. The number of hydrogen-bond acceptors (Lipinski definition) is 2. The number of amides is 1. The number of carbonyl (C=O) groups is 1. The van der Waals surface area contributed by atoms with Crippen LogP contribution in [0.25, 0.3) is 0 Å². The van der Waals surface area contributed by atoms with E-state index in [1.165, 1.54) is 31.3 Å². The van der Waals surface area contributed by atoms with Gasteiger partial charge in [0.25, 0.3) is 0 Å². The lowest BCUT2D eigenvalue weighted by Gasteiger charge is -2.15. The lowest BCUT2D eigenvalue weighted by Crippen LogP contribution is -2.31. The molecule has 1 amide bonds. The zero-order chi connectivity index (χ0) is 12.8. The number of rotatable bonds is 5. The third-order valence-corrected chi connectivity index (χ3v) is 3.48. The molecule has 98 valence electrons. The highest BCUT2D eigenvalue weighted by Crippen LogP contribution is 2.19. The van der Waals surface area contributed by atoms with E-state index in [9.17, 15) is 4.79 Å². The fourth-order valence-corrected chi connectivity index (χ4v) is 2.26. The van der Waals surface area contributed by atoms with E-state index in [-0.39, 0.29) is 11.9 Å². The van der Waals surface area contributed by atoms with Crippen molar-refractivity contribution in [3.8, 4) is 0 Å². The molecule has 1 atom stereocenters. The van der Waals surface area contributed by atoms with Gasteiger partial charge in [0.2, 0.25) is 5.91 Å². The molecule has 0 aromatic carbocycles. The molecule has 1 N–H and O–H groups in total. The Bertz CT molecular complexity index is 409. The minimum Gasteiger partial charge on any atom is -0.354 e. The summed E-state index contributed by atoms with van der Waals surface area (Å²) in [5.41, 5.74) is 1.50. The SMILES string of the molecule is CC(C(=O)NCCC1=CCCCC1)n1ccnc1. The van der Waals surface area contributed by atoms with Gasteiger partial charge in [-0.3, -0.25) is 4.79 Å². The molecule has 1 heterocycles. The summed E-state index contributed by atoms with van der Waals surface area (Å²) in [5, 5.41) is 2.99. The number of aromatic nitrogens is 2. The van der Waals surface area contributed by atoms with Crippen molar-refractivity contribution < 1.29 is 4.79 Å². The van der Waals surface area contributed by atoms with E-state index >= 15 is 0 Å². The van der Waals surface area contributed by atoms with Gasteiger partial charge in [-0.2, -0.15) is 0 Å². The van der Waals surface area contributed by atoms with Gasteiger partial charge in [-0.15, -0.1) is 0 Å². The number of nitrogens with one attached hydrogen (secondary N) is 1. The van der Waals surface area contributed by atoms with E-state index in [2.05, 4.69) is 16.4 Å². The summed E-state index contributed by atoms with van der Waals surface area (Å²) in [5.74, 6) is 0.0596. The van der Waals surface area contributed by atoms with E-state index in [0.29, 0.717) is 0 Å². The monoisotopic (exact) mass is 247 g/mol. The summed E-state index contributed by atoms with van der Waals surface area (Å²) in [4.78, 5) is 15.9. The Kier molecular flexibility index (Phi) is 4.56. The Morgan fingerprint density at radius 2 is 2.44 bits per heavy atom. The molecule has 0 radical (unpaired) electrons. The van der Waals surface area contributed by atoms with E-state index in [4.69, 9.17) is 0 Å². The van der Waals surface area contributed by atoms with Crippen molar-refractivity contribution in [3.05, 3.63) is 30.4 Å². The summed E-state index contributed by atoms with van der Waals surface area (Å²) < 4.78 is 1.81. The number of hydrogen-bond donors (Lipinski definition) is 1. The molecule has 1 aromatic rings. The summed E-state index contributed by atoms with van der Waals surface area (Å²) in [6, 6.07) is -0.187. The topological polar surface area (TPSA) is 46.9 Å². The van der Waals surface area contributed by atoms with Crippen molar-refractivity contribution in [1.29, 1.82) is 0 Å². The van der Waals surface area contributed by atoms with E-state index in [0.717, 1.165) is 13.0 Å². The fraction of sp³-hybridized carbons (Fsp3) is 0.571. The van der Waals surface area contributed by atoms with Crippen LogP contribution in [0, 0.1) is 0 Å². The van der Waals surface area contributed by atoms with Gasteiger partial charge in [-0.05, 0) is 39.0 Å². The molecule has 0 bridgehead atoms. The first-order valence-electron chi connectivity index (χ1n) is 6.70. The van der Waals surface area contributed by atoms with Gasteiger partial charge < -0.3 is 9.88 Å². The van der Waals surface area contributed by atoms with Crippen LogP contribution in [0.2, 0.25) is 0 Å². The van der Waals surface area contributed by atoms with Crippen molar-refractivity contribution in [3.63, 3.8) is 0 Å². The first kappa shape index (κ1) is 12.9. The van der Waals surface area contributed by atoms with Gasteiger partial charge in [0.05, 0.1) is 6.33 Å². The molecule has 2 rings (SSSR count). The molecule has 1 unspecified atom stereocenters. The second-order valence-corrected chi connectivity index (χ2v) is 4.84. The van der Waals surface area contributed by atoms with Crippen LogP contribution in [-0.2, 0) is 4.79 Å². The van der Waals surface area contributed by atoms with Crippen LogP contribution in [-0.4, -0.2) is 22.0 Å². The lowest BCUT2D eigenvalue weighted by molar-refractivity contribution is -0.123. The smallest absolute Gasteiger partial charge is 0.242 e. The summed E-state index contributed by atoms with van der Waals surface area (Å²) in [6.45, 7) is 2.63. The Morgan fingerprint density at radius 1 is 1.56 bits per heavy atom. The predicted molar refractivity (Wildman–Crippen MR) is 71.1 cm³/mol. The van der Waals surface area contributed by atoms with Crippen LogP contribution in [0.4, 0.5) is 0 Å². The van der Waals surface area contributed by atoms with Crippen LogP contribution in [0.5, 0.6) is 0 Å². The number of carbonyl (C=O) groups excluding carboxylic acids is 1. The van der Waals surface area contributed by atoms with E-state index in [1.807, 2.05) is 17.7 Å². The maximum absolute atomic E-state index is 11.9. The van der Waals surface area contributed by atoms with Crippen molar-refractivity contribution in [2.24, 2.45) is 0 Å². The van der Waals surface area contributed by atoms with Gasteiger partial charge in [0, 0.05) is 18.9 Å². The van der Waals surface area contributed by atoms with Crippen molar-refractivity contribution in [2.45, 2.75) is 45.1 Å². The highest BCUT2D eigenvalue weighted by molar-refractivity contribution is 5.79. The van der Waals surface area contributed by atoms with Crippen molar-refractivity contribution in [2.75, 3.05) is 6.54 Å². The maximum atomic E-state index is 11.9. The normalized spacial score (nSPS) is 17.1. The van der Waals surface area contributed by atoms with Gasteiger partial charge >= 0.3 is 0 Å². The molecule has 0 aliphatic heterocycles. The van der Waals surface area contributed by atoms with Crippen molar-refractivity contribution >= 4 is 5.91 Å². The molecule has 4 nitrogen and oxygen atoms in total. The van der Waals surface area contributed by atoms with Crippen LogP contribution in [0.15, 0.2) is 30.4 Å². The third kappa shape index (κ3) is 3.45. The zero-order valence-corrected chi connectivity index (χ0v) is 10.9. The Balaban J connectivity index is 1.73. The summed E-state index contributed by atoms with van der Waals surface area (Å²) in [6.07, 6.45) is 13.5. The lowest BCUT2D eigenvalue weighted by atomic mass is 9.97. The molecule has 0 spiro atoms. The molecular formula is C14H21N3O. The number of imidazole rings is 1. The minimum absolute atomic E-state index is 0.0596. The first-order valence-corrected chi connectivity index (χ1v) is 6.70. The molecule has 0 fully saturated rings. The number of allylic oxidation sites excluding steroid dienone is 1. The standard InChI is InChI=1S/C14H21N3O/c1-12(17-10-9-15-11-17)14(18)16-8-7-13-5-3-2-4-6-13/h5,9-12H,2-4,6-8H2,1H3,(H,16,18). The minimum atomic E-state index is -0.187. The molecule has 18 heavy (non-hydrogen) atoms. The van der Waals surface area contributed by atoms with Crippen LogP contribution >= 0.6 is 0 Å². The van der Waals surface area contributed by atoms with Gasteiger partial charge in [0.15, 0.2) is 0 Å². The average Bonchev–Trinajstić information content (AvgIpc) is 2.93. The predicted octanol–water partition coefficient (Wildman–Crippen LogP) is 2.45. The molecule has 1 aromatic heterocycles. The highest BCUT2D eigenvalue weighted by Gasteiger charge is 2.13. The Labute approximate surface area is 108 Å². The number of nitrogens with zero attached hydrogens (tertiary/aromatic N) is 2. The second kappa shape index (κ2) is 6.38. The average molecular weight is 247 g/mol. The Hall–Kier alpha value is -1.58.